The Hall–Kier alpha value is -4.14. The molecule has 1 N–H and O–H groups in total. The minimum atomic E-state index is -4.23. The first-order chi connectivity index (χ1) is 21.5. The molecule has 4 aromatic rings. The second-order valence-corrected chi connectivity index (χ2v) is 13.8. The van der Waals surface area contributed by atoms with Crippen LogP contribution >= 0.6 is 11.6 Å². The van der Waals surface area contributed by atoms with Crippen LogP contribution in [-0.4, -0.2) is 44.3 Å². The van der Waals surface area contributed by atoms with Gasteiger partial charge in [-0.3, -0.25) is 13.9 Å². The third-order valence-electron chi connectivity index (χ3n) is 7.57. The molecule has 0 aliphatic carbocycles. The first kappa shape index (κ1) is 33.7. The fraction of sp³-hybridized carbons (Fsp3) is 0.278. The van der Waals surface area contributed by atoms with Crippen molar-refractivity contribution in [1.82, 2.24) is 10.2 Å². The molecule has 0 aliphatic rings. The predicted octanol–water partition coefficient (Wildman–Crippen LogP) is 6.56. The molecular formula is C36H40ClN3O4S. The van der Waals surface area contributed by atoms with Crippen LogP contribution < -0.4 is 9.62 Å². The smallest absolute Gasteiger partial charge is 0.264 e. The second kappa shape index (κ2) is 15.2. The van der Waals surface area contributed by atoms with E-state index in [1.807, 2.05) is 82.3 Å². The number of sulfonamides is 1. The largest absolute Gasteiger partial charge is 0.354 e. The Kier molecular flexibility index (Phi) is 11.4. The number of amides is 2. The first-order valence-electron chi connectivity index (χ1n) is 15.0. The quantitative estimate of drug-likeness (QED) is 0.178. The average Bonchev–Trinajstić information content (AvgIpc) is 3.02. The zero-order valence-corrected chi connectivity index (χ0v) is 27.7. The molecule has 0 heterocycles. The highest BCUT2D eigenvalue weighted by molar-refractivity contribution is 7.92. The lowest BCUT2D eigenvalue weighted by molar-refractivity contribution is -0.140. The van der Waals surface area contributed by atoms with E-state index in [1.165, 1.54) is 17.0 Å². The van der Waals surface area contributed by atoms with Gasteiger partial charge in [0.1, 0.15) is 12.6 Å². The van der Waals surface area contributed by atoms with E-state index in [0.29, 0.717) is 6.54 Å². The van der Waals surface area contributed by atoms with Crippen LogP contribution in [0.4, 0.5) is 5.69 Å². The molecule has 0 bridgehead atoms. The summed E-state index contributed by atoms with van der Waals surface area (Å²) in [5.74, 6) is -0.642. The number of benzene rings is 4. The minimum Gasteiger partial charge on any atom is -0.354 e. The van der Waals surface area contributed by atoms with Crippen LogP contribution in [0.15, 0.2) is 108 Å². The Balaban J connectivity index is 1.81. The van der Waals surface area contributed by atoms with Crippen molar-refractivity contribution in [3.05, 3.63) is 130 Å². The van der Waals surface area contributed by atoms with Crippen LogP contribution in [0.2, 0.25) is 5.02 Å². The number of hydrogen-bond donors (Lipinski definition) is 1. The molecule has 0 spiro atoms. The lowest BCUT2D eigenvalue weighted by Gasteiger charge is -2.34. The Morgan fingerprint density at radius 2 is 1.44 bits per heavy atom. The molecule has 0 radical (unpaired) electrons. The molecule has 1 atom stereocenters. The predicted molar refractivity (Wildman–Crippen MR) is 181 cm³/mol. The van der Waals surface area contributed by atoms with E-state index in [0.717, 1.165) is 26.6 Å². The van der Waals surface area contributed by atoms with Crippen molar-refractivity contribution in [3.63, 3.8) is 0 Å². The molecule has 4 rings (SSSR count). The van der Waals surface area contributed by atoms with Gasteiger partial charge in [0, 0.05) is 19.5 Å². The first-order valence-corrected chi connectivity index (χ1v) is 16.8. The normalized spacial score (nSPS) is 12.0. The summed E-state index contributed by atoms with van der Waals surface area (Å²) in [5, 5.41) is 3.19. The van der Waals surface area contributed by atoms with Gasteiger partial charge in [0.25, 0.3) is 10.0 Å². The third-order valence-corrected chi connectivity index (χ3v) is 9.66. The highest BCUT2D eigenvalue weighted by Crippen LogP contribution is 2.31. The van der Waals surface area contributed by atoms with E-state index in [1.54, 1.807) is 36.4 Å². The van der Waals surface area contributed by atoms with E-state index < -0.39 is 28.5 Å². The lowest BCUT2D eigenvalue weighted by atomic mass is 10.0. The highest BCUT2D eigenvalue weighted by Gasteiger charge is 2.35. The van der Waals surface area contributed by atoms with Gasteiger partial charge < -0.3 is 10.2 Å². The average molecular weight is 646 g/mol. The number of halogens is 1. The number of anilines is 1. The monoisotopic (exact) mass is 645 g/mol. The van der Waals surface area contributed by atoms with Gasteiger partial charge in [0.05, 0.1) is 15.6 Å². The molecule has 7 nitrogen and oxygen atoms in total. The second-order valence-electron chi connectivity index (χ2n) is 11.6. The van der Waals surface area contributed by atoms with Gasteiger partial charge in [0.15, 0.2) is 0 Å². The summed E-state index contributed by atoms with van der Waals surface area (Å²) in [4.78, 5) is 30.0. The van der Waals surface area contributed by atoms with Gasteiger partial charge in [-0.25, -0.2) is 8.42 Å². The maximum atomic E-state index is 14.6. The fourth-order valence-corrected chi connectivity index (χ4v) is 6.67. The van der Waals surface area contributed by atoms with Crippen LogP contribution in [0.3, 0.4) is 0 Å². The van der Waals surface area contributed by atoms with E-state index in [9.17, 15) is 18.0 Å². The van der Waals surface area contributed by atoms with E-state index in [-0.39, 0.29) is 40.4 Å². The molecule has 0 saturated carbocycles. The van der Waals surface area contributed by atoms with Crippen LogP contribution in [-0.2, 0) is 32.6 Å². The van der Waals surface area contributed by atoms with Crippen molar-refractivity contribution < 1.29 is 18.0 Å². The van der Waals surface area contributed by atoms with Gasteiger partial charge >= 0.3 is 0 Å². The summed E-state index contributed by atoms with van der Waals surface area (Å²) in [6.45, 7) is 7.80. The van der Waals surface area contributed by atoms with E-state index >= 15 is 0 Å². The standard InChI is InChI=1S/C36H40ClN3O4S/c1-26(2)23-38-36(42)34(22-29-13-6-5-7-14-29)39(24-30-15-9-8-12-28(30)4)35(41)25-40(33-17-11-10-16-32(33)37)45(43,44)31-20-18-27(3)19-21-31/h5-21,26,34H,22-25H2,1-4H3,(H,38,42)/t34-/m0/s1. The summed E-state index contributed by atoms with van der Waals surface area (Å²) in [7, 11) is -4.23. The summed E-state index contributed by atoms with van der Waals surface area (Å²) in [6, 6.07) is 29.2. The Labute approximate surface area is 271 Å². The Morgan fingerprint density at radius 3 is 2.09 bits per heavy atom. The number of rotatable bonds is 13. The van der Waals surface area contributed by atoms with Crippen molar-refractivity contribution in [3.8, 4) is 0 Å². The lowest BCUT2D eigenvalue weighted by Crippen LogP contribution is -2.53. The number of carbonyl (C=O) groups is 2. The van der Waals surface area contributed by atoms with Crippen LogP contribution in [0.5, 0.6) is 0 Å². The van der Waals surface area contributed by atoms with Gasteiger partial charge in [-0.2, -0.15) is 0 Å². The SMILES string of the molecule is Cc1ccc(S(=O)(=O)N(CC(=O)N(Cc2ccccc2C)[C@@H](Cc2ccccc2)C(=O)NCC(C)C)c2ccccc2Cl)cc1. The molecule has 45 heavy (non-hydrogen) atoms. The number of aryl methyl sites for hydroxylation is 2. The van der Waals surface area contributed by atoms with Crippen molar-refractivity contribution in [1.29, 1.82) is 0 Å². The molecule has 4 aromatic carbocycles. The zero-order chi connectivity index (χ0) is 32.6. The summed E-state index contributed by atoms with van der Waals surface area (Å²) >= 11 is 6.55. The third kappa shape index (κ3) is 8.74. The number of para-hydroxylation sites is 1. The number of nitrogens with one attached hydrogen (secondary N) is 1. The van der Waals surface area contributed by atoms with Gasteiger partial charge in [-0.1, -0.05) is 110 Å². The summed E-state index contributed by atoms with van der Waals surface area (Å²) in [5.41, 5.74) is 3.75. The molecular weight excluding hydrogens is 606 g/mol. The van der Waals surface area contributed by atoms with Gasteiger partial charge in [-0.15, -0.1) is 0 Å². The molecule has 0 unspecified atom stereocenters. The molecule has 9 heteroatoms. The number of carbonyl (C=O) groups excluding carboxylic acids is 2. The maximum Gasteiger partial charge on any atom is 0.264 e. The Bertz CT molecular complexity index is 1710. The highest BCUT2D eigenvalue weighted by atomic mass is 35.5. The topological polar surface area (TPSA) is 86.8 Å². The number of hydrogen-bond acceptors (Lipinski definition) is 4. The van der Waals surface area contributed by atoms with Crippen molar-refractivity contribution in [2.45, 2.75) is 51.6 Å². The Morgan fingerprint density at radius 1 is 0.822 bits per heavy atom. The van der Waals surface area contributed by atoms with Gasteiger partial charge in [-0.05, 0) is 60.7 Å². The summed E-state index contributed by atoms with van der Waals surface area (Å²) in [6.07, 6.45) is 0.249. The number of nitrogens with zero attached hydrogens (tertiary/aromatic N) is 2. The van der Waals surface area contributed by atoms with Crippen molar-refractivity contribution in [2.24, 2.45) is 5.92 Å². The van der Waals surface area contributed by atoms with Crippen LogP contribution in [0.1, 0.15) is 36.1 Å². The van der Waals surface area contributed by atoms with E-state index in [2.05, 4.69) is 5.32 Å². The van der Waals surface area contributed by atoms with E-state index in [4.69, 9.17) is 11.6 Å². The molecule has 236 valence electrons. The van der Waals surface area contributed by atoms with Crippen molar-refractivity contribution >= 4 is 39.1 Å². The van der Waals surface area contributed by atoms with Crippen molar-refractivity contribution in [2.75, 3.05) is 17.4 Å². The summed E-state index contributed by atoms with van der Waals surface area (Å²) < 4.78 is 29.4. The van der Waals surface area contributed by atoms with Crippen LogP contribution in [0.25, 0.3) is 0 Å². The molecule has 0 aromatic heterocycles. The van der Waals surface area contributed by atoms with Crippen LogP contribution in [0, 0.1) is 19.8 Å². The molecule has 2 amide bonds. The zero-order valence-electron chi connectivity index (χ0n) is 26.1. The maximum absolute atomic E-state index is 14.6. The fourth-order valence-electron chi connectivity index (χ4n) is 4.95. The minimum absolute atomic E-state index is 0.0294. The molecule has 0 aliphatic heterocycles. The molecule has 0 saturated heterocycles. The van der Waals surface area contributed by atoms with Gasteiger partial charge in [0.2, 0.25) is 11.8 Å². The molecule has 0 fully saturated rings.